The highest BCUT2D eigenvalue weighted by molar-refractivity contribution is 14.0. The van der Waals surface area contributed by atoms with Crippen LogP contribution in [0.4, 0.5) is 10.1 Å². The molecule has 2 heterocycles. The minimum Gasteiger partial charge on any atom is -0.370 e. The maximum atomic E-state index is 14.5. The third kappa shape index (κ3) is 5.80. The van der Waals surface area contributed by atoms with Crippen LogP contribution in [0.2, 0.25) is 0 Å². The molecule has 1 aliphatic heterocycles. The number of aromatic nitrogens is 3. The average molecular weight is 515 g/mol. The van der Waals surface area contributed by atoms with Gasteiger partial charge in [0, 0.05) is 39.1 Å². The van der Waals surface area contributed by atoms with Gasteiger partial charge >= 0.3 is 0 Å². The van der Waals surface area contributed by atoms with Gasteiger partial charge < -0.3 is 15.5 Å². The van der Waals surface area contributed by atoms with Gasteiger partial charge in [-0.05, 0) is 44.9 Å². The number of aliphatic imine (C=N–C) groups is 1. The molecule has 0 radical (unpaired) electrons. The van der Waals surface area contributed by atoms with Crippen LogP contribution in [0, 0.1) is 12.7 Å². The second-order valence-corrected chi connectivity index (χ2v) is 7.02. The summed E-state index contributed by atoms with van der Waals surface area (Å²) in [7, 11) is 1.74. The monoisotopic (exact) mass is 515 g/mol. The van der Waals surface area contributed by atoms with E-state index < -0.39 is 0 Å². The number of anilines is 1. The van der Waals surface area contributed by atoms with E-state index in [4.69, 9.17) is 0 Å². The molecule has 0 bridgehead atoms. The molecule has 9 heteroatoms. The summed E-state index contributed by atoms with van der Waals surface area (Å²) >= 11 is 0. The Labute approximate surface area is 189 Å². The lowest BCUT2D eigenvalue weighted by molar-refractivity contribution is 0.392. The van der Waals surface area contributed by atoms with Crippen molar-refractivity contribution in [2.45, 2.75) is 52.7 Å². The molecule has 29 heavy (non-hydrogen) atoms. The van der Waals surface area contributed by atoms with Crippen molar-refractivity contribution in [1.29, 1.82) is 0 Å². The molecule has 1 unspecified atom stereocenters. The SMILES string of the molecule is CCN(CC)c1ccc(CNC(=NC)NC2CCc3nc(C)nn3C2)cc1F.I. The first-order chi connectivity index (χ1) is 13.5. The number of rotatable bonds is 6. The van der Waals surface area contributed by atoms with Gasteiger partial charge in [0.15, 0.2) is 5.96 Å². The average Bonchev–Trinajstić information content (AvgIpc) is 3.06. The molecule has 7 nitrogen and oxygen atoms in total. The molecule has 2 aromatic rings. The summed E-state index contributed by atoms with van der Waals surface area (Å²) in [6.07, 6.45) is 1.87. The van der Waals surface area contributed by atoms with E-state index >= 15 is 0 Å². The van der Waals surface area contributed by atoms with Crippen LogP contribution in [0.3, 0.4) is 0 Å². The minimum atomic E-state index is -0.188. The molecule has 3 rings (SSSR count). The number of hydrogen-bond donors (Lipinski definition) is 2. The van der Waals surface area contributed by atoms with Crippen LogP contribution in [0.15, 0.2) is 23.2 Å². The summed E-state index contributed by atoms with van der Waals surface area (Å²) < 4.78 is 16.4. The third-order valence-electron chi connectivity index (χ3n) is 5.10. The van der Waals surface area contributed by atoms with Gasteiger partial charge in [0.1, 0.15) is 17.5 Å². The van der Waals surface area contributed by atoms with Crippen molar-refractivity contribution in [3.8, 4) is 0 Å². The van der Waals surface area contributed by atoms with Crippen LogP contribution in [-0.2, 0) is 19.5 Å². The quantitative estimate of drug-likeness (QED) is 0.352. The van der Waals surface area contributed by atoms with Crippen molar-refractivity contribution in [1.82, 2.24) is 25.4 Å². The number of hydrogen-bond acceptors (Lipinski definition) is 4. The maximum absolute atomic E-state index is 14.5. The Morgan fingerprint density at radius 3 is 2.76 bits per heavy atom. The Balaban J connectivity index is 0.00000300. The van der Waals surface area contributed by atoms with Gasteiger partial charge in [-0.2, -0.15) is 5.10 Å². The first-order valence-electron chi connectivity index (χ1n) is 9.94. The topological polar surface area (TPSA) is 70.4 Å². The second-order valence-electron chi connectivity index (χ2n) is 7.02. The lowest BCUT2D eigenvalue weighted by Crippen LogP contribution is -2.46. The summed E-state index contributed by atoms with van der Waals surface area (Å²) in [4.78, 5) is 10.8. The van der Waals surface area contributed by atoms with Gasteiger partial charge in [-0.3, -0.25) is 4.99 Å². The Bertz CT molecular complexity index is 832. The fraction of sp³-hybridized carbons (Fsp3) is 0.550. The molecule has 0 saturated carbocycles. The molecular formula is C20H31FIN7. The van der Waals surface area contributed by atoms with Gasteiger partial charge in [0.2, 0.25) is 0 Å². The Kier molecular flexibility index (Phi) is 8.66. The summed E-state index contributed by atoms with van der Waals surface area (Å²) in [5.74, 6) is 2.38. The molecule has 0 aliphatic carbocycles. The molecule has 1 aromatic carbocycles. The third-order valence-corrected chi connectivity index (χ3v) is 5.10. The van der Waals surface area contributed by atoms with Gasteiger partial charge in [0.25, 0.3) is 0 Å². The van der Waals surface area contributed by atoms with E-state index in [9.17, 15) is 4.39 Å². The fourth-order valence-electron chi connectivity index (χ4n) is 3.61. The normalized spacial score (nSPS) is 16.0. The van der Waals surface area contributed by atoms with Crippen LogP contribution >= 0.6 is 24.0 Å². The number of fused-ring (bicyclic) bond motifs is 1. The number of halogens is 2. The lowest BCUT2D eigenvalue weighted by atomic mass is 10.1. The first kappa shape index (κ1) is 23.4. The largest absolute Gasteiger partial charge is 0.370 e. The van der Waals surface area contributed by atoms with E-state index in [1.54, 1.807) is 13.1 Å². The zero-order valence-corrected chi connectivity index (χ0v) is 19.9. The molecule has 0 fully saturated rings. The summed E-state index contributed by atoms with van der Waals surface area (Å²) in [6, 6.07) is 5.65. The van der Waals surface area contributed by atoms with Gasteiger partial charge in [-0.1, -0.05) is 6.07 Å². The van der Waals surface area contributed by atoms with Gasteiger partial charge in [-0.15, -0.1) is 24.0 Å². The number of nitrogens with zero attached hydrogens (tertiary/aromatic N) is 5. The highest BCUT2D eigenvalue weighted by Gasteiger charge is 2.21. The van der Waals surface area contributed by atoms with Crippen LogP contribution in [0.1, 0.15) is 37.5 Å². The number of aryl methyl sites for hydroxylation is 2. The van der Waals surface area contributed by atoms with Crippen molar-refractivity contribution in [3.05, 3.63) is 41.2 Å². The van der Waals surface area contributed by atoms with E-state index in [1.807, 2.05) is 42.5 Å². The zero-order chi connectivity index (χ0) is 20.1. The summed E-state index contributed by atoms with van der Waals surface area (Å²) in [6.45, 7) is 8.83. The highest BCUT2D eigenvalue weighted by atomic mass is 127. The number of nitrogens with one attached hydrogen (secondary N) is 2. The van der Waals surface area contributed by atoms with Crippen molar-refractivity contribution in [2.75, 3.05) is 25.0 Å². The fourth-order valence-corrected chi connectivity index (χ4v) is 3.61. The molecule has 1 atom stereocenters. The summed E-state index contributed by atoms with van der Waals surface area (Å²) in [5.41, 5.74) is 1.53. The Morgan fingerprint density at radius 1 is 1.34 bits per heavy atom. The van der Waals surface area contributed by atoms with E-state index in [1.165, 1.54) is 0 Å². The van der Waals surface area contributed by atoms with Crippen LogP contribution in [0.25, 0.3) is 0 Å². The molecule has 160 valence electrons. The van der Waals surface area contributed by atoms with Crippen molar-refractivity contribution in [3.63, 3.8) is 0 Å². The molecular weight excluding hydrogens is 484 g/mol. The van der Waals surface area contributed by atoms with E-state index in [0.717, 1.165) is 49.7 Å². The van der Waals surface area contributed by atoms with Gasteiger partial charge in [-0.25, -0.2) is 14.1 Å². The first-order valence-corrected chi connectivity index (χ1v) is 9.94. The zero-order valence-electron chi connectivity index (χ0n) is 17.6. The second kappa shape index (κ2) is 10.7. The van der Waals surface area contributed by atoms with Crippen molar-refractivity contribution >= 4 is 35.6 Å². The minimum absolute atomic E-state index is 0. The molecule has 1 aliphatic rings. The lowest BCUT2D eigenvalue weighted by Gasteiger charge is -2.25. The molecule has 1 aromatic heterocycles. The highest BCUT2D eigenvalue weighted by Crippen LogP contribution is 2.20. The molecule has 2 N–H and O–H groups in total. The molecule has 0 saturated heterocycles. The molecule has 0 amide bonds. The number of guanidine groups is 1. The van der Waals surface area contributed by atoms with E-state index in [2.05, 4.69) is 25.7 Å². The van der Waals surface area contributed by atoms with Crippen molar-refractivity contribution in [2.24, 2.45) is 4.99 Å². The Morgan fingerprint density at radius 2 is 2.10 bits per heavy atom. The maximum Gasteiger partial charge on any atom is 0.191 e. The standard InChI is InChI=1S/C20H30FN7.HI/c1-5-27(6-2)18-9-7-15(11-17(18)21)12-23-20(22-4)25-16-8-10-19-24-14(3)26-28(19)13-16;/h7,9,11,16H,5-6,8,10,12-13H2,1-4H3,(H2,22,23,25);1H. The van der Waals surface area contributed by atoms with Gasteiger partial charge in [0.05, 0.1) is 12.2 Å². The molecule has 0 spiro atoms. The van der Waals surface area contributed by atoms with E-state index in [0.29, 0.717) is 18.2 Å². The summed E-state index contributed by atoms with van der Waals surface area (Å²) in [5, 5.41) is 11.2. The van der Waals surface area contributed by atoms with Crippen LogP contribution < -0.4 is 15.5 Å². The van der Waals surface area contributed by atoms with Crippen LogP contribution in [0.5, 0.6) is 0 Å². The van der Waals surface area contributed by atoms with E-state index in [-0.39, 0.29) is 35.8 Å². The van der Waals surface area contributed by atoms with Crippen LogP contribution in [-0.4, -0.2) is 46.9 Å². The Hall–Kier alpha value is -1.91. The predicted molar refractivity (Wildman–Crippen MR) is 126 cm³/mol. The number of benzene rings is 1. The smallest absolute Gasteiger partial charge is 0.191 e. The van der Waals surface area contributed by atoms with Crippen molar-refractivity contribution < 1.29 is 4.39 Å². The predicted octanol–water partition coefficient (Wildman–Crippen LogP) is 2.87.